The molecular weight excluding hydrogens is 464 g/mol. The first kappa shape index (κ1) is 24.0. The van der Waals surface area contributed by atoms with E-state index in [2.05, 4.69) is 15.3 Å². The summed E-state index contributed by atoms with van der Waals surface area (Å²) in [5.41, 5.74) is 0.833. The monoisotopic (exact) mass is 488 g/mol. The third-order valence-corrected chi connectivity index (χ3v) is 7.05. The Kier molecular flexibility index (Phi) is 7.66. The van der Waals surface area contributed by atoms with E-state index < -0.39 is 16.4 Å². The fourth-order valence-electron chi connectivity index (χ4n) is 3.54. The van der Waals surface area contributed by atoms with Crippen molar-refractivity contribution < 1.29 is 22.5 Å². The van der Waals surface area contributed by atoms with Crippen LogP contribution in [-0.4, -0.2) is 41.9 Å². The van der Waals surface area contributed by atoms with Gasteiger partial charge in [-0.3, -0.25) is 8.98 Å². The van der Waals surface area contributed by atoms with Gasteiger partial charge in [0.2, 0.25) is 5.78 Å². The Balaban J connectivity index is 1.73. The molecule has 170 valence electrons. The van der Waals surface area contributed by atoms with Crippen molar-refractivity contribution in [2.24, 2.45) is 17.0 Å². The highest BCUT2D eigenvalue weighted by Gasteiger charge is 2.28. The van der Waals surface area contributed by atoms with Crippen LogP contribution >= 0.6 is 22.9 Å². The molecule has 0 bridgehead atoms. The topological polar surface area (TPSA) is 144 Å². The predicted octanol–water partition coefficient (Wildman–Crippen LogP) is 2.91. The number of hydrogen-bond donors (Lipinski definition) is 3. The highest BCUT2D eigenvalue weighted by molar-refractivity contribution is 7.84. The number of nitrogens with two attached hydrogens (primary N) is 1. The summed E-state index contributed by atoms with van der Waals surface area (Å²) in [6, 6.07) is 1.62. The number of aliphatic hydroxyl groups excluding tert-OH is 1. The second-order valence-corrected chi connectivity index (χ2v) is 10.8. The molecule has 0 spiro atoms. The highest BCUT2D eigenvalue weighted by Crippen LogP contribution is 2.37. The standard InChI is InChI=1S/C19H25ClN4O5S2/c1-10(2)16(25)13-6-15(30-18(13)20)17(26)14-7-22-9-23-19(14)24-12-4-3-11(5-12)8-29-31(21,27)28/h6-7,9-12,16,25H,3-5,8H2,1-2H3,(H2,21,27,28)(H,22,23,24)/t11-,12?,16?/m1/s1. The van der Waals surface area contributed by atoms with Gasteiger partial charge in [-0.1, -0.05) is 25.4 Å². The maximum Gasteiger partial charge on any atom is 0.333 e. The third kappa shape index (κ3) is 6.21. The third-order valence-electron chi connectivity index (χ3n) is 5.19. The first-order valence-corrected chi connectivity index (χ1v) is 12.5. The van der Waals surface area contributed by atoms with Crippen molar-refractivity contribution in [2.45, 2.75) is 45.3 Å². The quantitative estimate of drug-likeness (QED) is 0.457. The van der Waals surface area contributed by atoms with E-state index in [9.17, 15) is 18.3 Å². The lowest BCUT2D eigenvalue weighted by molar-refractivity contribution is 0.104. The number of rotatable bonds is 9. The molecule has 1 aliphatic carbocycles. The summed E-state index contributed by atoms with van der Waals surface area (Å²) in [6.07, 6.45) is 4.23. The molecule has 2 unspecified atom stereocenters. The fourth-order valence-corrected chi connectivity index (χ4v) is 5.22. The Hall–Kier alpha value is -1.63. The van der Waals surface area contributed by atoms with Gasteiger partial charge in [-0.25, -0.2) is 15.1 Å². The van der Waals surface area contributed by atoms with Gasteiger partial charge in [0.05, 0.1) is 27.5 Å². The van der Waals surface area contributed by atoms with E-state index >= 15 is 0 Å². The summed E-state index contributed by atoms with van der Waals surface area (Å²) in [5, 5.41) is 18.5. The number of carbonyl (C=O) groups is 1. The summed E-state index contributed by atoms with van der Waals surface area (Å²) in [4.78, 5) is 21.7. The molecule has 0 amide bonds. The van der Waals surface area contributed by atoms with Gasteiger partial charge >= 0.3 is 10.3 Å². The number of anilines is 1. The van der Waals surface area contributed by atoms with E-state index in [1.165, 1.54) is 12.5 Å². The molecule has 3 atom stereocenters. The molecule has 3 rings (SSSR count). The normalized spacial score (nSPS) is 20.2. The Morgan fingerprint density at radius 3 is 2.87 bits per heavy atom. The Labute approximate surface area is 190 Å². The molecular formula is C19H25ClN4O5S2. The molecule has 2 aromatic heterocycles. The number of hydrogen-bond acceptors (Lipinski definition) is 9. The van der Waals surface area contributed by atoms with Crippen molar-refractivity contribution >= 4 is 44.8 Å². The van der Waals surface area contributed by atoms with E-state index in [4.69, 9.17) is 20.9 Å². The molecule has 31 heavy (non-hydrogen) atoms. The van der Waals surface area contributed by atoms with Crippen LogP contribution in [0, 0.1) is 11.8 Å². The van der Waals surface area contributed by atoms with Crippen LogP contribution in [-0.2, 0) is 14.5 Å². The van der Waals surface area contributed by atoms with Crippen molar-refractivity contribution in [3.8, 4) is 0 Å². The average molecular weight is 489 g/mol. The maximum atomic E-state index is 13.1. The lowest BCUT2D eigenvalue weighted by Crippen LogP contribution is -2.22. The van der Waals surface area contributed by atoms with Gasteiger partial charge in [0.25, 0.3) is 0 Å². The summed E-state index contributed by atoms with van der Waals surface area (Å²) in [6.45, 7) is 3.77. The molecule has 1 saturated carbocycles. The zero-order valence-corrected chi connectivity index (χ0v) is 19.5. The van der Waals surface area contributed by atoms with Crippen LogP contribution in [0.25, 0.3) is 0 Å². The predicted molar refractivity (Wildman–Crippen MR) is 118 cm³/mol. The lowest BCUT2D eigenvalue weighted by atomic mass is 10.0. The summed E-state index contributed by atoms with van der Waals surface area (Å²) in [5.74, 6) is 0.103. The van der Waals surface area contributed by atoms with E-state index in [1.54, 1.807) is 6.07 Å². The van der Waals surface area contributed by atoms with Crippen molar-refractivity contribution in [1.29, 1.82) is 0 Å². The van der Waals surface area contributed by atoms with Gasteiger partial charge in [0.1, 0.15) is 12.1 Å². The second kappa shape index (κ2) is 9.88. The lowest BCUT2D eigenvalue weighted by Gasteiger charge is -2.16. The van der Waals surface area contributed by atoms with Crippen molar-refractivity contribution in [3.63, 3.8) is 0 Å². The van der Waals surface area contributed by atoms with Gasteiger partial charge < -0.3 is 10.4 Å². The van der Waals surface area contributed by atoms with Gasteiger partial charge in [0.15, 0.2) is 0 Å². The Morgan fingerprint density at radius 1 is 1.45 bits per heavy atom. The van der Waals surface area contributed by atoms with E-state index in [0.717, 1.165) is 24.2 Å². The molecule has 2 aromatic rings. The Morgan fingerprint density at radius 2 is 2.19 bits per heavy atom. The minimum Gasteiger partial charge on any atom is -0.388 e. The van der Waals surface area contributed by atoms with E-state index in [1.807, 2.05) is 13.8 Å². The zero-order chi connectivity index (χ0) is 22.8. The zero-order valence-electron chi connectivity index (χ0n) is 17.1. The first-order chi connectivity index (χ1) is 14.5. The van der Waals surface area contributed by atoms with Crippen LogP contribution in [0.4, 0.5) is 5.82 Å². The van der Waals surface area contributed by atoms with Crippen molar-refractivity contribution in [2.75, 3.05) is 11.9 Å². The first-order valence-electron chi connectivity index (χ1n) is 9.80. The van der Waals surface area contributed by atoms with Crippen LogP contribution in [0.3, 0.4) is 0 Å². The molecule has 0 aliphatic heterocycles. The highest BCUT2D eigenvalue weighted by atomic mass is 35.5. The molecule has 9 nitrogen and oxygen atoms in total. The minimum atomic E-state index is -3.96. The Bertz CT molecular complexity index is 1040. The van der Waals surface area contributed by atoms with E-state index in [-0.39, 0.29) is 30.3 Å². The SMILES string of the molecule is CC(C)C(O)c1cc(C(=O)c2cncnc2NC2CC[C@@H](COS(N)(=O)=O)C2)sc1Cl. The summed E-state index contributed by atoms with van der Waals surface area (Å²) in [7, 11) is -3.96. The number of ketones is 1. The second-order valence-electron chi connectivity index (χ2n) is 7.94. The number of aliphatic hydroxyl groups is 1. The largest absolute Gasteiger partial charge is 0.388 e. The van der Waals surface area contributed by atoms with Crippen molar-refractivity contribution in [3.05, 3.63) is 38.9 Å². The molecule has 2 heterocycles. The van der Waals surface area contributed by atoms with Crippen LogP contribution in [0.2, 0.25) is 4.34 Å². The average Bonchev–Trinajstić information content (AvgIpc) is 3.31. The molecule has 4 N–H and O–H groups in total. The summed E-state index contributed by atoms with van der Waals surface area (Å²) < 4.78 is 27.0. The number of thiophene rings is 1. The molecule has 0 aromatic carbocycles. The smallest absolute Gasteiger partial charge is 0.333 e. The molecule has 1 fully saturated rings. The molecule has 0 saturated heterocycles. The van der Waals surface area contributed by atoms with Gasteiger partial charge in [-0.05, 0) is 37.2 Å². The number of nitrogens with one attached hydrogen (secondary N) is 1. The van der Waals surface area contributed by atoms with Crippen LogP contribution in [0.5, 0.6) is 0 Å². The molecule has 0 radical (unpaired) electrons. The minimum absolute atomic E-state index is 0.000719. The van der Waals surface area contributed by atoms with Crippen molar-refractivity contribution in [1.82, 2.24) is 9.97 Å². The molecule has 1 aliphatic rings. The van der Waals surface area contributed by atoms with Crippen LogP contribution < -0.4 is 10.5 Å². The van der Waals surface area contributed by atoms with Gasteiger partial charge in [-0.15, -0.1) is 11.3 Å². The number of halogens is 1. The fraction of sp³-hybridized carbons (Fsp3) is 0.526. The number of aromatic nitrogens is 2. The molecule has 12 heteroatoms. The maximum absolute atomic E-state index is 13.1. The number of nitrogens with zero attached hydrogens (tertiary/aromatic N) is 2. The van der Waals surface area contributed by atoms with Crippen LogP contribution in [0.1, 0.15) is 60.0 Å². The summed E-state index contributed by atoms with van der Waals surface area (Å²) >= 11 is 7.38. The number of carbonyl (C=O) groups excluding carboxylic acids is 1. The van der Waals surface area contributed by atoms with Gasteiger partial charge in [-0.2, -0.15) is 8.42 Å². The van der Waals surface area contributed by atoms with Crippen LogP contribution in [0.15, 0.2) is 18.6 Å². The van der Waals surface area contributed by atoms with E-state index in [0.29, 0.717) is 32.6 Å². The van der Waals surface area contributed by atoms with Gasteiger partial charge in [0, 0.05) is 17.8 Å².